The maximum absolute atomic E-state index is 12.8. The predicted octanol–water partition coefficient (Wildman–Crippen LogP) is 4.25. The minimum Gasteiger partial charge on any atom is -0.324 e. The van der Waals surface area contributed by atoms with Crippen LogP contribution in [0.5, 0.6) is 0 Å². The van der Waals surface area contributed by atoms with Crippen LogP contribution < -0.4 is 9.62 Å². The van der Waals surface area contributed by atoms with Crippen molar-refractivity contribution < 1.29 is 13.2 Å². The van der Waals surface area contributed by atoms with Gasteiger partial charge in [-0.05, 0) is 55.1 Å². The van der Waals surface area contributed by atoms with E-state index in [1.54, 1.807) is 49.0 Å². The van der Waals surface area contributed by atoms with Gasteiger partial charge in [-0.1, -0.05) is 24.6 Å². The first-order valence-electron chi connectivity index (χ1n) is 7.96. The number of benzene rings is 2. The van der Waals surface area contributed by atoms with E-state index in [4.69, 9.17) is 11.6 Å². The Morgan fingerprint density at radius 2 is 1.88 bits per heavy atom. The summed E-state index contributed by atoms with van der Waals surface area (Å²) in [6, 6.07) is 12.9. The van der Waals surface area contributed by atoms with Crippen LogP contribution in [0, 0.1) is 0 Å². The number of halogens is 1. The maximum atomic E-state index is 12.8. The molecule has 0 unspecified atom stereocenters. The van der Waals surface area contributed by atoms with Crippen molar-refractivity contribution in [2.75, 3.05) is 22.1 Å². The van der Waals surface area contributed by atoms with Gasteiger partial charge in [-0.3, -0.25) is 9.10 Å². The molecule has 1 amide bonds. The summed E-state index contributed by atoms with van der Waals surface area (Å²) in [4.78, 5) is 13.8. The van der Waals surface area contributed by atoms with Crippen molar-refractivity contribution in [3.05, 3.63) is 53.6 Å². The zero-order valence-electron chi connectivity index (χ0n) is 14.8. The van der Waals surface area contributed by atoms with E-state index >= 15 is 0 Å². The molecule has 0 saturated heterocycles. The van der Waals surface area contributed by atoms with Crippen molar-refractivity contribution in [3.63, 3.8) is 0 Å². The molecule has 0 spiro atoms. The average Bonchev–Trinajstić information content (AvgIpc) is 2.59. The van der Waals surface area contributed by atoms with E-state index in [0.717, 1.165) is 15.5 Å². The van der Waals surface area contributed by atoms with Crippen LogP contribution in [0.4, 0.5) is 11.4 Å². The lowest BCUT2D eigenvalue weighted by Crippen LogP contribution is -2.47. The largest absolute Gasteiger partial charge is 0.324 e. The molecule has 0 aliphatic carbocycles. The number of thioether (sulfide) groups is 1. The number of anilines is 2. The molecular formula is C18H21ClN2O3S2. The second kappa shape index (κ2) is 8.79. The Morgan fingerprint density at radius 1 is 1.23 bits per heavy atom. The molecule has 0 aromatic heterocycles. The van der Waals surface area contributed by atoms with E-state index < -0.39 is 16.1 Å². The molecular weight excluding hydrogens is 392 g/mol. The Balaban J connectivity index is 2.34. The minimum atomic E-state index is -3.67. The van der Waals surface area contributed by atoms with Crippen LogP contribution >= 0.6 is 23.4 Å². The number of amides is 1. The highest BCUT2D eigenvalue weighted by atomic mass is 35.5. The molecule has 2 aromatic rings. The van der Waals surface area contributed by atoms with E-state index in [0.29, 0.717) is 22.8 Å². The van der Waals surface area contributed by atoms with E-state index in [1.165, 1.54) is 0 Å². The van der Waals surface area contributed by atoms with Crippen LogP contribution in [0.1, 0.15) is 13.3 Å². The van der Waals surface area contributed by atoms with Gasteiger partial charge in [-0.15, -0.1) is 11.8 Å². The third kappa shape index (κ3) is 5.16. The second-order valence-electron chi connectivity index (χ2n) is 5.68. The van der Waals surface area contributed by atoms with Crippen LogP contribution in [0.2, 0.25) is 5.02 Å². The maximum Gasteiger partial charge on any atom is 0.248 e. The van der Waals surface area contributed by atoms with Crippen molar-refractivity contribution in [1.82, 2.24) is 0 Å². The van der Waals surface area contributed by atoms with E-state index in [-0.39, 0.29) is 5.91 Å². The number of carbonyl (C=O) groups excluding carboxylic acids is 1. The molecule has 5 nitrogen and oxygen atoms in total. The lowest BCUT2D eigenvalue weighted by molar-refractivity contribution is -0.117. The summed E-state index contributed by atoms with van der Waals surface area (Å²) >= 11 is 7.46. The summed E-state index contributed by atoms with van der Waals surface area (Å²) in [6.45, 7) is 1.77. The van der Waals surface area contributed by atoms with Crippen LogP contribution in [0.3, 0.4) is 0 Å². The minimum absolute atomic E-state index is 0.323. The molecule has 0 radical (unpaired) electrons. The van der Waals surface area contributed by atoms with E-state index in [2.05, 4.69) is 5.32 Å². The van der Waals surface area contributed by atoms with Gasteiger partial charge in [0, 0.05) is 15.6 Å². The molecule has 0 saturated carbocycles. The number of nitrogens with one attached hydrogen (secondary N) is 1. The Hall–Kier alpha value is -1.70. The van der Waals surface area contributed by atoms with E-state index in [9.17, 15) is 13.2 Å². The van der Waals surface area contributed by atoms with Gasteiger partial charge in [0.25, 0.3) is 0 Å². The van der Waals surface area contributed by atoms with Crippen molar-refractivity contribution >= 4 is 50.7 Å². The number of rotatable bonds is 7. The summed E-state index contributed by atoms with van der Waals surface area (Å²) in [5, 5.41) is 3.31. The summed E-state index contributed by atoms with van der Waals surface area (Å²) < 4.78 is 25.9. The SMILES string of the molecule is CC[C@@H](C(=O)Nc1cccc(SC)c1)N(c1ccc(Cl)cc1)S(C)(=O)=O. The van der Waals surface area contributed by atoms with Crippen LogP contribution in [-0.2, 0) is 14.8 Å². The molecule has 2 aromatic carbocycles. The first-order valence-corrected chi connectivity index (χ1v) is 11.4. The van der Waals surface area contributed by atoms with Crippen molar-refractivity contribution in [3.8, 4) is 0 Å². The highest BCUT2D eigenvalue weighted by molar-refractivity contribution is 7.98. The summed E-state index contributed by atoms with van der Waals surface area (Å²) in [5.74, 6) is -0.383. The van der Waals surface area contributed by atoms with Gasteiger partial charge in [0.15, 0.2) is 0 Å². The number of nitrogens with zero attached hydrogens (tertiary/aromatic N) is 1. The normalized spacial score (nSPS) is 12.5. The summed E-state index contributed by atoms with van der Waals surface area (Å²) in [6.07, 6.45) is 3.36. The molecule has 26 heavy (non-hydrogen) atoms. The van der Waals surface area contributed by atoms with Gasteiger partial charge in [0.05, 0.1) is 11.9 Å². The highest BCUT2D eigenvalue weighted by Crippen LogP contribution is 2.25. The Morgan fingerprint density at radius 3 is 2.42 bits per heavy atom. The van der Waals surface area contributed by atoms with Gasteiger partial charge < -0.3 is 5.32 Å². The fourth-order valence-electron chi connectivity index (χ4n) is 2.57. The molecule has 0 aliphatic heterocycles. The Kier molecular flexibility index (Phi) is 6.97. The summed E-state index contributed by atoms with van der Waals surface area (Å²) in [5.41, 5.74) is 1.03. The van der Waals surface area contributed by atoms with Crippen LogP contribution in [-0.4, -0.2) is 32.9 Å². The molecule has 1 atom stereocenters. The van der Waals surface area contributed by atoms with Crippen LogP contribution in [0.25, 0.3) is 0 Å². The summed E-state index contributed by atoms with van der Waals surface area (Å²) in [7, 11) is -3.67. The van der Waals surface area contributed by atoms with Gasteiger partial charge in [0.1, 0.15) is 6.04 Å². The Bertz CT molecular complexity index is 870. The highest BCUT2D eigenvalue weighted by Gasteiger charge is 2.31. The number of sulfonamides is 1. The lowest BCUT2D eigenvalue weighted by atomic mass is 10.2. The van der Waals surface area contributed by atoms with Gasteiger partial charge in [-0.2, -0.15) is 0 Å². The second-order valence-corrected chi connectivity index (χ2v) is 8.86. The predicted molar refractivity (Wildman–Crippen MR) is 110 cm³/mol. The molecule has 0 fully saturated rings. The van der Waals surface area contributed by atoms with Crippen molar-refractivity contribution in [2.45, 2.75) is 24.3 Å². The average molecular weight is 413 g/mol. The quantitative estimate of drug-likeness (QED) is 0.690. The fraction of sp³-hybridized carbons (Fsp3) is 0.278. The van der Waals surface area contributed by atoms with Gasteiger partial charge in [-0.25, -0.2) is 8.42 Å². The van der Waals surface area contributed by atoms with Crippen molar-refractivity contribution in [2.24, 2.45) is 0 Å². The smallest absolute Gasteiger partial charge is 0.248 e. The molecule has 8 heteroatoms. The molecule has 0 bridgehead atoms. The number of hydrogen-bond acceptors (Lipinski definition) is 4. The standard InChI is InChI=1S/C18H21ClN2O3S2/c1-4-17(18(22)20-14-6-5-7-16(12-14)25-2)21(26(3,23)24)15-10-8-13(19)9-11-15/h5-12,17H,4H2,1-3H3,(H,20,22)/t17-/m0/s1. The monoisotopic (exact) mass is 412 g/mol. The van der Waals surface area contributed by atoms with Crippen LogP contribution in [0.15, 0.2) is 53.4 Å². The van der Waals surface area contributed by atoms with E-state index in [1.807, 2.05) is 24.5 Å². The number of hydrogen-bond donors (Lipinski definition) is 1. The molecule has 0 heterocycles. The molecule has 2 rings (SSSR count). The first-order chi connectivity index (χ1) is 12.3. The Labute approximate surface area is 163 Å². The topological polar surface area (TPSA) is 66.5 Å². The molecule has 1 N–H and O–H groups in total. The zero-order valence-corrected chi connectivity index (χ0v) is 17.2. The zero-order chi connectivity index (χ0) is 19.3. The third-order valence-corrected chi connectivity index (χ3v) is 5.91. The number of carbonyl (C=O) groups is 1. The molecule has 140 valence electrons. The lowest BCUT2D eigenvalue weighted by Gasteiger charge is -2.30. The van der Waals surface area contributed by atoms with Gasteiger partial charge >= 0.3 is 0 Å². The third-order valence-electron chi connectivity index (χ3n) is 3.75. The molecule has 0 aliphatic rings. The van der Waals surface area contributed by atoms with Crippen molar-refractivity contribution in [1.29, 1.82) is 0 Å². The first kappa shape index (κ1) is 20.6. The fourth-order valence-corrected chi connectivity index (χ4v) is 4.37. The van der Waals surface area contributed by atoms with Gasteiger partial charge in [0.2, 0.25) is 15.9 Å².